The van der Waals surface area contributed by atoms with Crippen LogP contribution in [-0.4, -0.2) is 38.0 Å². The maximum atomic E-state index is 12.1. The van der Waals surface area contributed by atoms with Gasteiger partial charge in [-0.25, -0.2) is 0 Å². The smallest absolute Gasteiger partial charge is 0.261 e. The van der Waals surface area contributed by atoms with Gasteiger partial charge in [-0.3, -0.25) is 9.59 Å². The molecule has 2 heterocycles. The molecule has 0 radical (unpaired) electrons. The minimum atomic E-state index is -0.130. The number of carbonyl (C=O) groups excluding carboxylic acids is 2. The standard InChI is InChI=1S/C15H21N3O2S/c19-14(17-8-10-6-16-7-10)9-18-15(20)13-5-11-3-1-2-4-12(11)21-13/h5,10,16H,1-4,6-9H2,(H,17,19)(H,18,20). The van der Waals surface area contributed by atoms with Crippen LogP contribution in [0, 0.1) is 5.92 Å². The first kappa shape index (κ1) is 14.5. The second-order valence-electron chi connectivity index (χ2n) is 5.78. The third-order valence-corrected chi connectivity index (χ3v) is 5.32. The van der Waals surface area contributed by atoms with Crippen LogP contribution < -0.4 is 16.0 Å². The Balaban J connectivity index is 1.44. The number of carbonyl (C=O) groups is 2. The summed E-state index contributed by atoms with van der Waals surface area (Å²) in [6.45, 7) is 2.68. The Morgan fingerprint density at radius 2 is 2.05 bits per heavy atom. The molecule has 2 amide bonds. The van der Waals surface area contributed by atoms with Crippen LogP contribution in [0.3, 0.4) is 0 Å². The molecule has 6 heteroatoms. The molecule has 1 fully saturated rings. The van der Waals surface area contributed by atoms with Crippen molar-refractivity contribution in [3.05, 3.63) is 21.4 Å². The van der Waals surface area contributed by atoms with E-state index in [2.05, 4.69) is 16.0 Å². The van der Waals surface area contributed by atoms with Crippen molar-refractivity contribution < 1.29 is 9.59 Å². The lowest BCUT2D eigenvalue weighted by Gasteiger charge is -2.27. The van der Waals surface area contributed by atoms with E-state index in [1.165, 1.54) is 23.3 Å². The van der Waals surface area contributed by atoms with Crippen LogP contribution in [0.15, 0.2) is 6.07 Å². The van der Waals surface area contributed by atoms with Gasteiger partial charge in [-0.15, -0.1) is 11.3 Å². The van der Waals surface area contributed by atoms with E-state index in [4.69, 9.17) is 0 Å². The molecule has 5 nitrogen and oxygen atoms in total. The molecule has 1 aliphatic carbocycles. The number of aryl methyl sites for hydroxylation is 2. The van der Waals surface area contributed by atoms with Crippen molar-refractivity contribution in [3.63, 3.8) is 0 Å². The highest BCUT2D eigenvalue weighted by Gasteiger charge is 2.19. The van der Waals surface area contributed by atoms with Crippen molar-refractivity contribution in [3.8, 4) is 0 Å². The number of nitrogens with one attached hydrogen (secondary N) is 3. The van der Waals surface area contributed by atoms with Crippen molar-refractivity contribution in [2.75, 3.05) is 26.2 Å². The molecule has 0 saturated carbocycles. The van der Waals surface area contributed by atoms with Gasteiger partial charge in [0.05, 0.1) is 11.4 Å². The SMILES string of the molecule is O=C(CNC(=O)c1cc2c(s1)CCCC2)NCC1CNC1. The minimum absolute atomic E-state index is 0.0571. The number of fused-ring (bicyclic) bond motifs is 1. The van der Waals surface area contributed by atoms with Gasteiger partial charge < -0.3 is 16.0 Å². The number of rotatable bonds is 5. The van der Waals surface area contributed by atoms with Crippen molar-refractivity contribution in [2.45, 2.75) is 25.7 Å². The van der Waals surface area contributed by atoms with Crippen molar-refractivity contribution >= 4 is 23.2 Å². The Bertz CT molecular complexity index is 514. The van der Waals surface area contributed by atoms with Gasteiger partial charge in [0, 0.05) is 30.4 Å². The Kier molecular flexibility index (Phi) is 4.55. The molecule has 1 aromatic heterocycles. The molecular formula is C15H21N3O2S. The maximum absolute atomic E-state index is 12.1. The first-order valence-electron chi connectivity index (χ1n) is 7.59. The molecule has 3 rings (SSSR count). The second-order valence-corrected chi connectivity index (χ2v) is 6.91. The average Bonchev–Trinajstić information content (AvgIpc) is 2.87. The third-order valence-electron chi connectivity index (χ3n) is 4.08. The monoisotopic (exact) mass is 307 g/mol. The van der Waals surface area contributed by atoms with Gasteiger partial charge in [0.1, 0.15) is 0 Å². The topological polar surface area (TPSA) is 70.2 Å². The van der Waals surface area contributed by atoms with Crippen LogP contribution in [0.1, 0.15) is 33.0 Å². The first-order chi connectivity index (χ1) is 10.2. The summed E-state index contributed by atoms with van der Waals surface area (Å²) in [5.74, 6) is 0.292. The summed E-state index contributed by atoms with van der Waals surface area (Å²) in [4.78, 5) is 25.8. The van der Waals surface area contributed by atoms with Crippen molar-refractivity contribution in [1.29, 1.82) is 0 Å². The number of hydrogen-bond acceptors (Lipinski definition) is 4. The Morgan fingerprint density at radius 1 is 1.24 bits per heavy atom. The molecule has 1 aromatic rings. The number of hydrogen-bond donors (Lipinski definition) is 3. The van der Waals surface area contributed by atoms with Crippen LogP contribution >= 0.6 is 11.3 Å². The van der Waals surface area contributed by atoms with Gasteiger partial charge in [0.2, 0.25) is 5.91 Å². The second kappa shape index (κ2) is 6.58. The fraction of sp³-hybridized carbons (Fsp3) is 0.600. The maximum Gasteiger partial charge on any atom is 0.261 e. The lowest BCUT2D eigenvalue weighted by molar-refractivity contribution is -0.120. The highest BCUT2D eigenvalue weighted by Crippen LogP contribution is 2.29. The molecule has 21 heavy (non-hydrogen) atoms. The molecule has 2 aliphatic rings. The summed E-state index contributed by atoms with van der Waals surface area (Å²) in [7, 11) is 0. The van der Waals surface area contributed by atoms with E-state index in [1.54, 1.807) is 11.3 Å². The number of thiophene rings is 1. The van der Waals surface area contributed by atoms with E-state index in [-0.39, 0.29) is 18.4 Å². The molecule has 1 aliphatic heterocycles. The highest BCUT2D eigenvalue weighted by molar-refractivity contribution is 7.14. The molecule has 0 spiro atoms. The normalized spacial score (nSPS) is 17.7. The summed E-state index contributed by atoms with van der Waals surface area (Å²) >= 11 is 1.57. The van der Waals surface area contributed by atoms with Gasteiger partial charge in [-0.1, -0.05) is 0 Å². The van der Waals surface area contributed by atoms with Crippen LogP contribution in [0.25, 0.3) is 0 Å². The van der Waals surface area contributed by atoms with Crippen LogP contribution in [0.2, 0.25) is 0 Å². The first-order valence-corrected chi connectivity index (χ1v) is 8.41. The lowest BCUT2D eigenvalue weighted by Crippen LogP contribution is -2.49. The van der Waals surface area contributed by atoms with Gasteiger partial charge in [0.15, 0.2) is 0 Å². The molecule has 0 bridgehead atoms. The quantitative estimate of drug-likeness (QED) is 0.750. The van der Waals surface area contributed by atoms with E-state index >= 15 is 0 Å². The zero-order chi connectivity index (χ0) is 14.7. The van der Waals surface area contributed by atoms with Crippen LogP contribution in [0.4, 0.5) is 0 Å². The average molecular weight is 307 g/mol. The summed E-state index contributed by atoms with van der Waals surface area (Å²) in [5, 5.41) is 8.72. The molecule has 0 unspecified atom stereocenters. The van der Waals surface area contributed by atoms with E-state index < -0.39 is 0 Å². The fourth-order valence-electron chi connectivity index (χ4n) is 2.66. The number of amides is 2. The molecule has 3 N–H and O–H groups in total. The van der Waals surface area contributed by atoms with E-state index in [0.717, 1.165) is 30.8 Å². The van der Waals surface area contributed by atoms with Gasteiger partial charge >= 0.3 is 0 Å². The zero-order valence-corrected chi connectivity index (χ0v) is 12.9. The van der Waals surface area contributed by atoms with Crippen LogP contribution in [0.5, 0.6) is 0 Å². The predicted octanol–water partition coefficient (Wildman–Crippen LogP) is 0.692. The summed E-state index contributed by atoms with van der Waals surface area (Å²) < 4.78 is 0. The van der Waals surface area contributed by atoms with Crippen LogP contribution in [-0.2, 0) is 17.6 Å². The van der Waals surface area contributed by atoms with Crippen molar-refractivity contribution in [1.82, 2.24) is 16.0 Å². The Morgan fingerprint density at radius 3 is 2.76 bits per heavy atom. The summed E-state index contributed by atoms with van der Waals surface area (Å²) in [5.41, 5.74) is 1.32. The molecular weight excluding hydrogens is 286 g/mol. The largest absolute Gasteiger partial charge is 0.354 e. The lowest BCUT2D eigenvalue weighted by atomic mass is 9.99. The predicted molar refractivity (Wildman–Crippen MR) is 82.7 cm³/mol. The third kappa shape index (κ3) is 3.63. The molecule has 0 aromatic carbocycles. The zero-order valence-electron chi connectivity index (χ0n) is 12.0. The Hall–Kier alpha value is -1.40. The highest BCUT2D eigenvalue weighted by atomic mass is 32.1. The fourth-order valence-corrected chi connectivity index (χ4v) is 3.83. The molecule has 1 saturated heterocycles. The molecule has 114 valence electrons. The summed E-state index contributed by atoms with van der Waals surface area (Å²) in [6.07, 6.45) is 4.59. The van der Waals surface area contributed by atoms with Gasteiger partial charge in [-0.05, 0) is 37.3 Å². The van der Waals surface area contributed by atoms with E-state index in [1.807, 2.05) is 6.07 Å². The minimum Gasteiger partial charge on any atom is -0.354 e. The Labute approximate surface area is 128 Å². The van der Waals surface area contributed by atoms with E-state index in [9.17, 15) is 9.59 Å². The van der Waals surface area contributed by atoms with Gasteiger partial charge in [-0.2, -0.15) is 0 Å². The summed E-state index contributed by atoms with van der Waals surface area (Å²) in [6, 6.07) is 1.99. The van der Waals surface area contributed by atoms with Gasteiger partial charge in [0.25, 0.3) is 5.91 Å². The molecule has 0 atom stereocenters. The van der Waals surface area contributed by atoms with E-state index in [0.29, 0.717) is 12.5 Å². The van der Waals surface area contributed by atoms with Crippen molar-refractivity contribution in [2.24, 2.45) is 5.92 Å².